The van der Waals surface area contributed by atoms with Crippen molar-refractivity contribution in [1.82, 2.24) is 24.6 Å². The van der Waals surface area contributed by atoms with Gasteiger partial charge in [0.15, 0.2) is 0 Å². The van der Waals surface area contributed by atoms with Crippen molar-refractivity contribution < 1.29 is 4.79 Å². The summed E-state index contributed by atoms with van der Waals surface area (Å²) in [7, 11) is 0. The Bertz CT molecular complexity index is 801. The minimum absolute atomic E-state index is 0.192. The highest BCUT2D eigenvalue weighted by Crippen LogP contribution is 2.43. The summed E-state index contributed by atoms with van der Waals surface area (Å²) in [5, 5.41) is 4.71. The van der Waals surface area contributed by atoms with Gasteiger partial charge in [-0.15, -0.1) is 0 Å². The Hall–Kier alpha value is -2.44. The van der Waals surface area contributed by atoms with Crippen molar-refractivity contribution in [2.75, 3.05) is 31.1 Å². The number of anilines is 1. The van der Waals surface area contributed by atoms with Crippen LogP contribution in [0.1, 0.15) is 66.5 Å². The molecule has 3 aliphatic rings. The van der Waals surface area contributed by atoms with E-state index in [9.17, 15) is 4.79 Å². The second-order valence-electron chi connectivity index (χ2n) is 7.94. The van der Waals surface area contributed by atoms with Crippen LogP contribution in [-0.2, 0) is 0 Å². The third-order valence-electron chi connectivity index (χ3n) is 6.11. The van der Waals surface area contributed by atoms with Gasteiger partial charge < -0.3 is 9.80 Å². The van der Waals surface area contributed by atoms with Crippen LogP contribution in [0.5, 0.6) is 0 Å². The Morgan fingerprint density at radius 3 is 2.41 bits per heavy atom. The van der Waals surface area contributed by atoms with Gasteiger partial charge in [-0.1, -0.05) is 0 Å². The van der Waals surface area contributed by atoms with Gasteiger partial charge in [-0.3, -0.25) is 14.5 Å². The summed E-state index contributed by atoms with van der Waals surface area (Å²) >= 11 is 0. The number of piperidine rings is 1. The molecular weight excluding hydrogens is 340 g/mol. The molecule has 0 spiro atoms. The molecule has 3 fully saturated rings. The number of rotatable bonds is 4. The number of aromatic nitrogens is 4. The Morgan fingerprint density at radius 1 is 0.963 bits per heavy atom. The van der Waals surface area contributed by atoms with Crippen LogP contribution in [0, 0.1) is 0 Å². The lowest BCUT2D eigenvalue weighted by atomic mass is 10.0. The molecule has 1 aliphatic carbocycles. The van der Waals surface area contributed by atoms with E-state index in [0.717, 1.165) is 63.2 Å². The third-order valence-corrected chi connectivity index (χ3v) is 6.11. The Balaban J connectivity index is 1.34. The van der Waals surface area contributed by atoms with Crippen LogP contribution in [0.3, 0.4) is 0 Å². The van der Waals surface area contributed by atoms with E-state index >= 15 is 0 Å². The van der Waals surface area contributed by atoms with E-state index in [1.54, 1.807) is 12.4 Å². The summed E-state index contributed by atoms with van der Waals surface area (Å²) in [6, 6.07) is 0.369. The molecule has 0 bridgehead atoms. The fourth-order valence-corrected chi connectivity index (χ4v) is 4.48. The highest BCUT2D eigenvalue weighted by Gasteiger charge is 2.36. The quantitative estimate of drug-likeness (QED) is 0.832. The van der Waals surface area contributed by atoms with Crippen molar-refractivity contribution in [3.05, 3.63) is 36.0 Å². The maximum Gasteiger partial charge on any atom is 0.257 e. The van der Waals surface area contributed by atoms with Crippen LogP contribution in [0.4, 0.5) is 5.82 Å². The molecule has 1 amide bonds. The minimum Gasteiger partial charge on any atom is -0.355 e. The molecule has 27 heavy (non-hydrogen) atoms. The van der Waals surface area contributed by atoms with E-state index in [1.807, 2.05) is 17.3 Å². The number of hydrogen-bond acceptors (Lipinski definition) is 5. The van der Waals surface area contributed by atoms with Gasteiger partial charge in [-0.2, -0.15) is 5.10 Å². The first-order valence-electron chi connectivity index (χ1n) is 10.2. The summed E-state index contributed by atoms with van der Waals surface area (Å²) in [6.07, 6.45) is 13.8. The molecule has 142 valence electrons. The SMILES string of the molecule is O=C(c1cnn(C2CCN(c3cnccn3)CC2)c1C1CC1)N1CCCC1. The van der Waals surface area contributed by atoms with Gasteiger partial charge in [0, 0.05) is 44.5 Å². The van der Waals surface area contributed by atoms with E-state index in [2.05, 4.69) is 19.5 Å². The largest absolute Gasteiger partial charge is 0.355 e. The van der Waals surface area contributed by atoms with Crippen LogP contribution in [0.2, 0.25) is 0 Å². The molecular formula is C20H26N6O. The summed E-state index contributed by atoms with van der Waals surface area (Å²) in [4.78, 5) is 25.9. The smallest absolute Gasteiger partial charge is 0.257 e. The highest BCUT2D eigenvalue weighted by atomic mass is 16.2. The van der Waals surface area contributed by atoms with Gasteiger partial charge >= 0.3 is 0 Å². The van der Waals surface area contributed by atoms with Crippen molar-refractivity contribution in [1.29, 1.82) is 0 Å². The Kier molecular flexibility index (Phi) is 4.30. The average Bonchev–Trinajstić information content (AvgIpc) is 3.24. The van der Waals surface area contributed by atoms with E-state index < -0.39 is 0 Å². The van der Waals surface area contributed by atoms with Crippen LogP contribution in [0.15, 0.2) is 24.8 Å². The fraction of sp³-hybridized carbons (Fsp3) is 0.600. The summed E-state index contributed by atoms with van der Waals surface area (Å²) < 4.78 is 2.19. The molecule has 7 nitrogen and oxygen atoms in total. The number of likely N-dealkylation sites (tertiary alicyclic amines) is 1. The van der Waals surface area contributed by atoms with E-state index in [-0.39, 0.29) is 5.91 Å². The number of hydrogen-bond donors (Lipinski definition) is 0. The number of carbonyl (C=O) groups is 1. The number of amides is 1. The molecule has 0 atom stereocenters. The van der Waals surface area contributed by atoms with Gasteiger partial charge in [0.05, 0.1) is 29.7 Å². The van der Waals surface area contributed by atoms with Crippen molar-refractivity contribution in [3.8, 4) is 0 Å². The van der Waals surface area contributed by atoms with Crippen molar-refractivity contribution in [2.45, 2.75) is 50.5 Å². The molecule has 4 heterocycles. The van der Waals surface area contributed by atoms with Gasteiger partial charge in [0.25, 0.3) is 5.91 Å². The van der Waals surface area contributed by atoms with Gasteiger partial charge in [-0.25, -0.2) is 4.98 Å². The van der Waals surface area contributed by atoms with E-state index in [0.29, 0.717) is 12.0 Å². The molecule has 1 saturated carbocycles. The normalized spacial score (nSPS) is 21.0. The first kappa shape index (κ1) is 16.7. The molecule has 0 N–H and O–H groups in total. The Labute approximate surface area is 159 Å². The van der Waals surface area contributed by atoms with E-state index in [4.69, 9.17) is 5.10 Å². The zero-order valence-corrected chi connectivity index (χ0v) is 15.6. The second-order valence-corrected chi connectivity index (χ2v) is 7.94. The van der Waals surface area contributed by atoms with Crippen molar-refractivity contribution >= 4 is 11.7 Å². The maximum absolute atomic E-state index is 13.0. The molecule has 0 radical (unpaired) electrons. The summed E-state index contributed by atoms with van der Waals surface area (Å²) in [5.74, 6) is 1.66. The topological polar surface area (TPSA) is 67.2 Å². The summed E-state index contributed by atoms with van der Waals surface area (Å²) in [6.45, 7) is 3.68. The fourth-order valence-electron chi connectivity index (χ4n) is 4.48. The molecule has 5 rings (SSSR count). The molecule has 2 aromatic heterocycles. The summed E-state index contributed by atoms with van der Waals surface area (Å²) in [5.41, 5.74) is 2.06. The average molecular weight is 366 g/mol. The van der Waals surface area contributed by atoms with E-state index in [1.165, 1.54) is 18.5 Å². The van der Waals surface area contributed by atoms with Gasteiger partial charge in [-0.05, 0) is 38.5 Å². The Morgan fingerprint density at radius 2 is 1.74 bits per heavy atom. The second kappa shape index (κ2) is 6.94. The number of nitrogens with zero attached hydrogens (tertiary/aromatic N) is 6. The molecule has 2 saturated heterocycles. The zero-order valence-electron chi connectivity index (χ0n) is 15.6. The molecule has 0 unspecified atom stereocenters. The van der Waals surface area contributed by atoms with Crippen LogP contribution >= 0.6 is 0 Å². The molecule has 0 aromatic carbocycles. The number of carbonyl (C=O) groups excluding carboxylic acids is 1. The standard InChI is InChI=1S/C20H26N6O/c27-20(25-9-1-2-10-25)17-13-23-26(19(17)15-3-4-15)16-5-11-24(12-6-16)18-14-21-7-8-22-18/h7-8,13-16H,1-6,9-12H2. The molecule has 7 heteroatoms. The van der Waals surface area contributed by atoms with Crippen LogP contribution < -0.4 is 4.90 Å². The first-order chi connectivity index (χ1) is 13.3. The monoisotopic (exact) mass is 366 g/mol. The lowest BCUT2D eigenvalue weighted by Gasteiger charge is -2.33. The van der Waals surface area contributed by atoms with Crippen molar-refractivity contribution in [3.63, 3.8) is 0 Å². The molecule has 2 aromatic rings. The lowest BCUT2D eigenvalue weighted by Crippen LogP contribution is -2.36. The predicted molar refractivity (Wildman–Crippen MR) is 102 cm³/mol. The first-order valence-corrected chi connectivity index (χ1v) is 10.2. The van der Waals surface area contributed by atoms with Crippen LogP contribution in [-0.4, -0.2) is 56.7 Å². The third kappa shape index (κ3) is 3.19. The highest BCUT2D eigenvalue weighted by molar-refractivity contribution is 5.95. The minimum atomic E-state index is 0.192. The van der Waals surface area contributed by atoms with Crippen LogP contribution in [0.25, 0.3) is 0 Å². The zero-order chi connectivity index (χ0) is 18.2. The lowest BCUT2D eigenvalue weighted by molar-refractivity contribution is 0.0791. The predicted octanol–water partition coefficient (Wildman–Crippen LogP) is 2.63. The maximum atomic E-state index is 13.0. The van der Waals surface area contributed by atoms with Crippen molar-refractivity contribution in [2.24, 2.45) is 0 Å². The van der Waals surface area contributed by atoms with Gasteiger partial charge in [0.2, 0.25) is 0 Å². The van der Waals surface area contributed by atoms with Gasteiger partial charge in [0.1, 0.15) is 5.82 Å². The molecule has 2 aliphatic heterocycles.